The number of anilines is 1. The van der Waals surface area contributed by atoms with Crippen LogP contribution in [0.5, 0.6) is 0 Å². The zero-order chi connectivity index (χ0) is 15.4. The van der Waals surface area contributed by atoms with Crippen LogP contribution in [0.1, 0.15) is 31.3 Å². The quantitative estimate of drug-likeness (QED) is 0.844. The van der Waals surface area contributed by atoms with Crippen molar-refractivity contribution >= 4 is 5.82 Å². The van der Waals surface area contributed by atoms with E-state index in [1.165, 1.54) is 0 Å². The summed E-state index contributed by atoms with van der Waals surface area (Å²) < 4.78 is 17.1. The summed E-state index contributed by atoms with van der Waals surface area (Å²) in [5, 5.41) is 0. The zero-order valence-corrected chi connectivity index (χ0v) is 13.5. The Morgan fingerprint density at radius 1 is 1.36 bits per heavy atom. The third-order valence-electron chi connectivity index (χ3n) is 4.18. The molecule has 1 aromatic rings. The molecule has 0 N–H and O–H groups in total. The molecule has 3 heterocycles. The first-order chi connectivity index (χ1) is 10.7. The van der Waals surface area contributed by atoms with E-state index in [0.29, 0.717) is 26.4 Å². The third-order valence-corrected chi connectivity index (χ3v) is 4.18. The van der Waals surface area contributed by atoms with Gasteiger partial charge < -0.3 is 19.1 Å². The average Bonchev–Trinajstić information content (AvgIpc) is 2.53. The van der Waals surface area contributed by atoms with Crippen molar-refractivity contribution in [3.63, 3.8) is 0 Å². The summed E-state index contributed by atoms with van der Waals surface area (Å²) in [5.41, 5.74) is 0.801. The van der Waals surface area contributed by atoms with Crippen LogP contribution >= 0.6 is 0 Å². The maximum atomic E-state index is 6.05. The van der Waals surface area contributed by atoms with E-state index in [1.807, 2.05) is 19.9 Å². The van der Waals surface area contributed by atoms with Gasteiger partial charge in [-0.25, -0.2) is 9.97 Å². The summed E-state index contributed by atoms with van der Waals surface area (Å²) in [7, 11) is 0. The first kappa shape index (κ1) is 15.6. The molecule has 6 nitrogen and oxygen atoms in total. The molecule has 0 bridgehead atoms. The van der Waals surface area contributed by atoms with Gasteiger partial charge in [0.2, 0.25) is 0 Å². The fraction of sp³-hybridized carbons (Fsp3) is 0.750. The highest BCUT2D eigenvalue weighted by atomic mass is 16.5. The number of aryl methyl sites for hydroxylation is 1. The maximum absolute atomic E-state index is 6.05. The van der Waals surface area contributed by atoms with Gasteiger partial charge in [-0.3, -0.25) is 0 Å². The minimum absolute atomic E-state index is 0.171. The minimum Gasteiger partial charge on any atom is -0.378 e. The lowest BCUT2D eigenvalue weighted by Gasteiger charge is -2.45. The Hall–Kier alpha value is -1.24. The molecule has 2 aliphatic heterocycles. The van der Waals surface area contributed by atoms with Crippen molar-refractivity contribution in [2.75, 3.05) is 44.4 Å². The van der Waals surface area contributed by atoms with Crippen LogP contribution in [0.3, 0.4) is 0 Å². The molecular formula is C16H25N3O3. The normalized spacial score (nSPS) is 25.6. The predicted molar refractivity (Wildman–Crippen MR) is 83.0 cm³/mol. The SMILES string of the molecule is CCOCc1nc(C)cc(N2CCOC3(CCCOC3)C2)n1. The van der Waals surface area contributed by atoms with Crippen LogP contribution in [0, 0.1) is 6.92 Å². The van der Waals surface area contributed by atoms with Crippen molar-refractivity contribution in [1.29, 1.82) is 0 Å². The second kappa shape index (κ2) is 6.89. The van der Waals surface area contributed by atoms with Crippen molar-refractivity contribution < 1.29 is 14.2 Å². The van der Waals surface area contributed by atoms with Crippen molar-refractivity contribution in [3.8, 4) is 0 Å². The van der Waals surface area contributed by atoms with Gasteiger partial charge in [0, 0.05) is 31.5 Å². The fourth-order valence-corrected chi connectivity index (χ4v) is 3.14. The zero-order valence-electron chi connectivity index (χ0n) is 13.5. The summed E-state index contributed by atoms with van der Waals surface area (Å²) in [6.07, 6.45) is 2.12. The van der Waals surface area contributed by atoms with E-state index in [2.05, 4.69) is 14.9 Å². The predicted octanol–water partition coefficient (Wildman–Crippen LogP) is 1.71. The summed E-state index contributed by atoms with van der Waals surface area (Å²) >= 11 is 0. The van der Waals surface area contributed by atoms with E-state index in [-0.39, 0.29) is 5.60 Å². The summed E-state index contributed by atoms with van der Waals surface area (Å²) in [6, 6.07) is 2.04. The molecule has 0 aliphatic carbocycles. The lowest BCUT2D eigenvalue weighted by molar-refractivity contribution is -0.133. The largest absolute Gasteiger partial charge is 0.378 e. The van der Waals surface area contributed by atoms with Crippen molar-refractivity contribution in [2.24, 2.45) is 0 Å². The number of hydrogen-bond acceptors (Lipinski definition) is 6. The summed E-state index contributed by atoms with van der Waals surface area (Å²) in [4.78, 5) is 11.4. The van der Waals surface area contributed by atoms with Crippen LogP contribution in [-0.4, -0.2) is 55.1 Å². The monoisotopic (exact) mass is 307 g/mol. The Morgan fingerprint density at radius 3 is 3.05 bits per heavy atom. The Labute approximate surface area is 131 Å². The Morgan fingerprint density at radius 2 is 2.27 bits per heavy atom. The van der Waals surface area contributed by atoms with Gasteiger partial charge in [-0.1, -0.05) is 0 Å². The van der Waals surface area contributed by atoms with Gasteiger partial charge in [0.1, 0.15) is 18.0 Å². The van der Waals surface area contributed by atoms with E-state index in [4.69, 9.17) is 14.2 Å². The molecule has 1 unspecified atom stereocenters. The standard InChI is InChI=1S/C16H25N3O3/c1-3-20-10-14-17-13(2)9-15(18-14)19-6-8-22-16(11-19)5-4-7-21-12-16/h9H,3-8,10-12H2,1-2H3. The Balaban J connectivity index is 1.76. The lowest BCUT2D eigenvalue weighted by atomic mass is 9.94. The second-order valence-corrected chi connectivity index (χ2v) is 6.03. The van der Waals surface area contributed by atoms with E-state index in [0.717, 1.165) is 49.9 Å². The number of rotatable bonds is 4. The van der Waals surface area contributed by atoms with Crippen LogP contribution in [0.4, 0.5) is 5.82 Å². The van der Waals surface area contributed by atoms with Crippen LogP contribution < -0.4 is 4.90 Å². The minimum atomic E-state index is -0.171. The molecule has 3 rings (SSSR count). The molecule has 0 saturated carbocycles. The molecule has 1 atom stereocenters. The highest BCUT2D eigenvalue weighted by molar-refractivity contribution is 5.41. The molecule has 1 aromatic heterocycles. The Kier molecular flexibility index (Phi) is 4.90. The molecule has 122 valence electrons. The van der Waals surface area contributed by atoms with Gasteiger partial charge in [0.25, 0.3) is 0 Å². The molecule has 22 heavy (non-hydrogen) atoms. The topological polar surface area (TPSA) is 56.7 Å². The molecule has 1 spiro atoms. The number of ether oxygens (including phenoxy) is 3. The number of aromatic nitrogens is 2. The molecule has 2 saturated heterocycles. The van der Waals surface area contributed by atoms with Gasteiger partial charge in [-0.2, -0.15) is 0 Å². The van der Waals surface area contributed by atoms with E-state index < -0.39 is 0 Å². The van der Waals surface area contributed by atoms with E-state index in [1.54, 1.807) is 0 Å². The van der Waals surface area contributed by atoms with Gasteiger partial charge in [0.05, 0.1) is 19.8 Å². The second-order valence-electron chi connectivity index (χ2n) is 6.03. The number of nitrogens with zero attached hydrogens (tertiary/aromatic N) is 3. The smallest absolute Gasteiger partial charge is 0.156 e. The Bertz CT molecular complexity index is 498. The first-order valence-corrected chi connectivity index (χ1v) is 8.10. The van der Waals surface area contributed by atoms with Crippen molar-refractivity contribution in [1.82, 2.24) is 9.97 Å². The van der Waals surface area contributed by atoms with Crippen LogP contribution in [-0.2, 0) is 20.8 Å². The molecule has 2 fully saturated rings. The lowest BCUT2D eigenvalue weighted by Crippen LogP contribution is -2.56. The van der Waals surface area contributed by atoms with Crippen LogP contribution in [0.15, 0.2) is 6.07 Å². The average molecular weight is 307 g/mol. The molecular weight excluding hydrogens is 282 g/mol. The maximum Gasteiger partial charge on any atom is 0.156 e. The molecule has 2 aliphatic rings. The third kappa shape index (κ3) is 3.56. The number of morpholine rings is 1. The van der Waals surface area contributed by atoms with E-state index >= 15 is 0 Å². The fourth-order valence-electron chi connectivity index (χ4n) is 3.14. The van der Waals surface area contributed by atoms with E-state index in [9.17, 15) is 0 Å². The van der Waals surface area contributed by atoms with Crippen LogP contribution in [0.2, 0.25) is 0 Å². The molecule has 0 aromatic carbocycles. The highest BCUT2D eigenvalue weighted by Crippen LogP contribution is 2.29. The summed E-state index contributed by atoms with van der Waals surface area (Å²) in [6.45, 7) is 9.03. The highest BCUT2D eigenvalue weighted by Gasteiger charge is 2.39. The molecule has 0 radical (unpaired) electrons. The van der Waals surface area contributed by atoms with Gasteiger partial charge >= 0.3 is 0 Å². The van der Waals surface area contributed by atoms with Crippen molar-refractivity contribution in [2.45, 2.75) is 38.9 Å². The summed E-state index contributed by atoms with van der Waals surface area (Å²) in [5.74, 6) is 1.72. The van der Waals surface area contributed by atoms with Gasteiger partial charge in [-0.05, 0) is 26.7 Å². The first-order valence-electron chi connectivity index (χ1n) is 8.10. The molecule has 6 heteroatoms. The molecule has 0 amide bonds. The van der Waals surface area contributed by atoms with Crippen LogP contribution in [0.25, 0.3) is 0 Å². The van der Waals surface area contributed by atoms with Gasteiger partial charge in [-0.15, -0.1) is 0 Å². The number of hydrogen-bond donors (Lipinski definition) is 0. The van der Waals surface area contributed by atoms with Gasteiger partial charge in [0.15, 0.2) is 5.82 Å². The van der Waals surface area contributed by atoms with Crippen molar-refractivity contribution in [3.05, 3.63) is 17.6 Å².